The number of carboxylic acid groups (broad SMARTS) is 4. The topological polar surface area (TPSA) is 251 Å². The van der Waals surface area contributed by atoms with Gasteiger partial charge in [0.15, 0.2) is 0 Å². The first-order valence-electron chi connectivity index (χ1n) is 11.0. The molecule has 2 rings (SSSR count). The molecule has 0 bridgehead atoms. The SMILES string of the molecule is CC(C(=O)O)N(CCN(CC(=O)O)[C@H](C(=O)O)c1ccccc1O)CC(=O)O.O=S(=O)(O)c1ccc(O)cc1.[Mn+2]. The minimum Gasteiger partial charge on any atom is -0.508 e. The van der Waals surface area contributed by atoms with Crippen LogP contribution in [0.3, 0.4) is 0 Å². The van der Waals surface area contributed by atoms with E-state index >= 15 is 0 Å². The van der Waals surface area contributed by atoms with E-state index in [-0.39, 0.29) is 52.1 Å². The van der Waals surface area contributed by atoms with Crippen molar-refractivity contribution in [1.29, 1.82) is 0 Å². The quantitative estimate of drug-likeness (QED) is 0.117. The van der Waals surface area contributed by atoms with Crippen LogP contribution in [0.5, 0.6) is 11.5 Å². The molecule has 0 aliphatic heterocycles. The Labute approximate surface area is 239 Å². The maximum absolute atomic E-state index is 11.8. The van der Waals surface area contributed by atoms with Crippen molar-refractivity contribution in [3.63, 3.8) is 0 Å². The summed E-state index contributed by atoms with van der Waals surface area (Å²) in [6, 6.07) is 7.43. The van der Waals surface area contributed by atoms with Crippen LogP contribution < -0.4 is 0 Å². The first-order chi connectivity index (χ1) is 18.0. The largest absolute Gasteiger partial charge is 2.00 e. The predicted molar refractivity (Wildman–Crippen MR) is 132 cm³/mol. The molecule has 0 saturated heterocycles. The molecule has 2 aromatic rings. The number of phenols is 2. The van der Waals surface area contributed by atoms with Gasteiger partial charge in [-0.2, -0.15) is 8.42 Å². The first-order valence-corrected chi connectivity index (χ1v) is 12.4. The molecule has 7 N–H and O–H groups in total. The number of aromatic hydroxyl groups is 2. The van der Waals surface area contributed by atoms with Gasteiger partial charge in [0, 0.05) is 18.7 Å². The molecule has 0 heterocycles. The van der Waals surface area contributed by atoms with Gasteiger partial charge >= 0.3 is 40.9 Å². The Morgan fingerprint density at radius 3 is 1.68 bits per heavy atom. The van der Waals surface area contributed by atoms with Crippen LogP contribution in [0, 0.1) is 0 Å². The van der Waals surface area contributed by atoms with Gasteiger partial charge in [0.05, 0.1) is 18.0 Å². The summed E-state index contributed by atoms with van der Waals surface area (Å²) < 4.78 is 29.3. The summed E-state index contributed by atoms with van der Waals surface area (Å²) in [5.74, 6) is -5.70. The molecule has 0 aliphatic rings. The Balaban J connectivity index is 0.00000106. The van der Waals surface area contributed by atoms with Crippen molar-refractivity contribution in [2.24, 2.45) is 0 Å². The van der Waals surface area contributed by atoms with Crippen molar-refractivity contribution in [2.45, 2.75) is 23.9 Å². The van der Waals surface area contributed by atoms with Gasteiger partial charge in [-0.3, -0.25) is 33.5 Å². The van der Waals surface area contributed by atoms with Crippen LogP contribution in [0.25, 0.3) is 0 Å². The van der Waals surface area contributed by atoms with E-state index in [1.54, 1.807) is 0 Å². The number of nitrogens with zero attached hydrogens (tertiary/aromatic N) is 2. The Morgan fingerprint density at radius 2 is 1.25 bits per heavy atom. The number of benzene rings is 2. The van der Waals surface area contributed by atoms with Gasteiger partial charge in [0.25, 0.3) is 10.1 Å². The molecule has 15 nitrogen and oxygen atoms in total. The van der Waals surface area contributed by atoms with E-state index < -0.39 is 59.2 Å². The second kappa shape index (κ2) is 16.4. The van der Waals surface area contributed by atoms with E-state index in [1.807, 2.05) is 0 Å². The number of phenolic OH excluding ortho intramolecular Hbond substituents is 2. The molecule has 0 amide bonds. The zero-order chi connectivity index (χ0) is 29.9. The second-order valence-electron chi connectivity index (χ2n) is 8.01. The Bertz CT molecular complexity index is 1270. The van der Waals surface area contributed by atoms with E-state index in [1.165, 1.54) is 43.3 Å². The van der Waals surface area contributed by atoms with Gasteiger partial charge in [0.2, 0.25) is 0 Å². The number of carbonyl (C=O) groups is 4. The number of hydrogen-bond acceptors (Lipinski definition) is 10. The van der Waals surface area contributed by atoms with Gasteiger partial charge in [-0.15, -0.1) is 0 Å². The van der Waals surface area contributed by atoms with Gasteiger partial charge in [-0.05, 0) is 37.3 Å². The summed E-state index contributed by atoms with van der Waals surface area (Å²) in [6.07, 6.45) is 0. The fourth-order valence-corrected chi connectivity index (χ4v) is 3.77. The van der Waals surface area contributed by atoms with E-state index in [0.29, 0.717) is 0 Å². The molecule has 40 heavy (non-hydrogen) atoms. The van der Waals surface area contributed by atoms with Crippen LogP contribution in [0.15, 0.2) is 53.4 Å². The minimum atomic E-state index is -4.13. The molecule has 1 unspecified atom stereocenters. The number of para-hydroxylation sites is 1. The molecule has 2 atom stereocenters. The third-order valence-electron chi connectivity index (χ3n) is 5.22. The zero-order valence-corrected chi connectivity index (χ0v) is 22.9. The summed E-state index contributed by atoms with van der Waals surface area (Å²) in [7, 11) is -4.13. The molecule has 1 radical (unpaired) electrons. The molecule has 219 valence electrons. The third kappa shape index (κ3) is 12.0. The van der Waals surface area contributed by atoms with Gasteiger partial charge < -0.3 is 30.6 Å². The molecule has 0 spiro atoms. The average Bonchev–Trinajstić information content (AvgIpc) is 2.81. The van der Waals surface area contributed by atoms with Gasteiger partial charge in [0.1, 0.15) is 23.6 Å². The average molecular weight is 627 g/mol. The van der Waals surface area contributed by atoms with Crippen LogP contribution in [0.2, 0.25) is 0 Å². The molecule has 0 fully saturated rings. The number of hydrogen-bond donors (Lipinski definition) is 7. The standard InChI is InChI=1S/C17H22N2O9.C6H6O4S.Mn/c1-10(16(25)26)18(8-13(21)22)6-7-19(9-14(23)24)15(17(27)28)11-4-2-3-5-12(11)20;7-5-1-3-6(4-2-5)11(8,9)10;/h2-5,10,15,20H,6-9H2,1H3,(H,21,22)(H,23,24)(H,25,26)(H,27,28);1-4,7H,(H,8,9,10);/q;;+2/t10?,15-;;/m0../s1. The number of carboxylic acids is 4. The molecule has 2 aromatic carbocycles. The maximum atomic E-state index is 11.8. The molecule has 17 heteroatoms. The zero-order valence-electron chi connectivity index (χ0n) is 20.9. The summed E-state index contributed by atoms with van der Waals surface area (Å²) in [5, 5.41) is 55.5. The molecule has 0 aromatic heterocycles. The van der Waals surface area contributed by atoms with Crippen LogP contribution in [-0.4, -0.2) is 110 Å². The smallest absolute Gasteiger partial charge is 0.508 e. The minimum absolute atomic E-state index is 0. The van der Waals surface area contributed by atoms with Gasteiger partial charge in [-0.25, -0.2) is 0 Å². The normalized spacial score (nSPS) is 12.4. The summed E-state index contributed by atoms with van der Waals surface area (Å²) >= 11 is 0. The van der Waals surface area contributed by atoms with E-state index in [4.69, 9.17) is 25.0 Å². The summed E-state index contributed by atoms with van der Waals surface area (Å²) in [5.41, 5.74) is -0.0349. The number of rotatable bonds is 13. The van der Waals surface area contributed by atoms with Crippen LogP contribution in [-0.2, 0) is 46.4 Å². The maximum Gasteiger partial charge on any atom is 2.00 e. The fraction of sp³-hybridized carbons (Fsp3) is 0.304. The van der Waals surface area contributed by atoms with Crippen molar-refractivity contribution < 1.29 is 79.9 Å². The third-order valence-corrected chi connectivity index (χ3v) is 6.09. The van der Waals surface area contributed by atoms with E-state index in [9.17, 15) is 37.8 Å². The Morgan fingerprint density at radius 1 is 0.775 bits per heavy atom. The van der Waals surface area contributed by atoms with Crippen LogP contribution in [0.1, 0.15) is 18.5 Å². The first kappa shape index (κ1) is 36.3. The fourth-order valence-electron chi connectivity index (χ4n) is 3.29. The summed E-state index contributed by atoms with van der Waals surface area (Å²) in [6.45, 7) is -0.548. The Kier molecular flexibility index (Phi) is 14.9. The van der Waals surface area contributed by atoms with Crippen molar-refractivity contribution in [2.75, 3.05) is 26.2 Å². The second-order valence-corrected chi connectivity index (χ2v) is 9.43. The van der Waals surface area contributed by atoms with Crippen molar-refractivity contribution in [3.8, 4) is 11.5 Å². The van der Waals surface area contributed by atoms with Crippen molar-refractivity contribution in [3.05, 3.63) is 54.1 Å². The van der Waals surface area contributed by atoms with E-state index in [0.717, 1.165) is 21.9 Å². The van der Waals surface area contributed by atoms with Crippen molar-refractivity contribution in [1.82, 2.24) is 9.80 Å². The van der Waals surface area contributed by atoms with Crippen molar-refractivity contribution >= 4 is 34.0 Å². The predicted octanol–water partition coefficient (Wildman–Crippen LogP) is 0.401. The Hall–Kier alpha value is -3.73. The van der Waals surface area contributed by atoms with E-state index in [2.05, 4.69) is 0 Å². The van der Waals surface area contributed by atoms with Gasteiger partial charge in [-0.1, -0.05) is 18.2 Å². The molecular formula is C23H28MnN2O13S+2. The monoisotopic (exact) mass is 627 g/mol. The molecular weight excluding hydrogens is 599 g/mol. The number of aliphatic carboxylic acids is 4. The van der Waals surface area contributed by atoms with Crippen LogP contribution in [0.4, 0.5) is 0 Å². The molecule has 0 aliphatic carbocycles. The summed E-state index contributed by atoms with van der Waals surface area (Å²) in [4.78, 5) is 47.1. The molecule has 0 saturated carbocycles. The van der Waals surface area contributed by atoms with Crippen LogP contribution >= 0.6 is 0 Å².